The van der Waals surface area contributed by atoms with Crippen molar-refractivity contribution in [3.05, 3.63) is 23.3 Å². The molecule has 2 aromatic rings. The average molecular weight is 236 g/mol. The lowest BCUT2D eigenvalue weighted by molar-refractivity contribution is 0.0490. The molecule has 2 heterocycles. The first-order valence-corrected chi connectivity index (χ1v) is 5.20. The minimum Gasteiger partial charge on any atom is -0.460 e. The van der Waals surface area contributed by atoms with E-state index in [0.29, 0.717) is 17.1 Å². The minimum atomic E-state index is -0.524. The Morgan fingerprint density at radius 1 is 1.47 bits per heavy atom. The second-order valence-corrected chi connectivity index (χ2v) is 3.48. The minimum absolute atomic E-state index is 0.0995. The quantitative estimate of drug-likeness (QED) is 0.759. The second kappa shape index (κ2) is 4.40. The highest BCUT2D eigenvalue weighted by atomic mass is 16.5. The Balaban J connectivity index is 2.33. The number of carbonyl (C=O) groups is 1. The SMILES string of the molecule is CCOC(=O)c1oc(-c2cc(C)on2)nc1C. The van der Waals surface area contributed by atoms with Gasteiger partial charge in [0.15, 0.2) is 5.69 Å². The summed E-state index contributed by atoms with van der Waals surface area (Å²) < 4.78 is 15.1. The van der Waals surface area contributed by atoms with E-state index >= 15 is 0 Å². The summed E-state index contributed by atoms with van der Waals surface area (Å²) in [6.45, 7) is 5.45. The summed E-state index contributed by atoms with van der Waals surface area (Å²) in [5.41, 5.74) is 0.931. The molecule has 0 N–H and O–H groups in total. The summed E-state index contributed by atoms with van der Waals surface area (Å²) in [6, 6.07) is 1.68. The number of hydrogen-bond donors (Lipinski definition) is 0. The van der Waals surface area contributed by atoms with Crippen LogP contribution in [0.2, 0.25) is 0 Å². The van der Waals surface area contributed by atoms with E-state index in [2.05, 4.69) is 10.1 Å². The van der Waals surface area contributed by atoms with Crippen LogP contribution in [0, 0.1) is 13.8 Å². The van der Waals surface area contributed by atoms with Gasteiger partial charge in [0.05, 0.1) is 12.3 Å². The van der Waals surface area contributed by atoms with Crippen molar-refractivity contribution in [3.63, 3.8) is 0 Å². The highest BCUT2D eigenvalue weighted by Crippen LogP contribution is 2.21. The number of ether oxygens (including phenoxy) is 1. The smallest absolute Gasteiger partial charge is 0.376 e. The fraction of sp³-hybridized carbons (Fsp3) is 0.364. The van der Waals surface area contributed by atoms with Crippen LogP contribution in [0.15, 0.2) is 15.0 Å². The predicted molar refractivity (Wildman–Crippen MR) is 57.4 cm³/mol. The lowest BCUT2D eigenvalue weighted by atomic mass is 10.4. The number of carbonyl (C=O) groups excluding carboxylic acids is 1. The molecule has 90 valence electrons. The molecule has 6 heteroatoms. The summed E-state index contributed by atoms with van der Waals surface area (Å²) in [5, 5.41) is 3.76. The van der Waals surface area contributed by atoms with Crippen LogP contribution < -0.4 is 0 Å². The van der Waals surface area contributed by atoms with Crippen molar-refractivity contribution in [3.8, 4) is 11.6 Å². The molecule has 0 radical (unpaired) electrons. The molecule has 0 aliphatic heterocycles. The molecule has 17 heavy (non-hydrogen) atoms. The molecule has 0 atom stereocenters. The largest absolute Gasteiger partial charge is 0.460 e. The van der Waals surface area contributed by atoms with Gasteiger partial charge in [0.2, 0.25) is 11.7 Å². The van der Waals surface area contributed by atoms with E-state index in [0.717, 1.165) is 0 Å². The van der Waals surface area contributed by atoms with E-state index in [9.17, 15) is 4.79 Å². The summed E-state index contributed by atoms with van der Waals surface area (Å²) in [6.07, 6.45) is 0. The first-order valence-electron chi connectivity index (χ1n) is 5.20. The lowest BCUT2D eigenvalue weighted by Crippen LogP contribution is -2.04. The summed E-state index contributed by atoms with van der Waals surface area (Å²) in [5.74, 6) is 0.474. The van der Waals surface area contributed by atoms with E-state index in [1.54, 1.807) is 26.8 Å². The van der Waals surface area contributed by atoms with Crippen LogP contribution in [-0.4, -0.2) is 22.7 Å². The number of aryl methyl sites for hydroxylation is 2. The van der Waals surface area contributed by atoms with Crippen molar-refractivity contribution >= 4 is 5.97 Å². The summed E-state index contributed by atoms with van der Waals surface area (Å²) in [7, 11) is 0. The number of nitrogens with zero attached hydrogens (tertiary/aromatic N) is 2. The van der Waals surface area contributed by atoms with Gasteiger partial charge in [-0.05, 0) is 20.8 Å². The molecule has 0 aromatic carbocycles. The summed E-state index contributed by atoms with van der Waals surface area (Å²) >= 11 is 0. The van der Waals surface area contributed by atoms with Crippen LogP contribution in [0.5, 0.6) is 0 Å². The third-order valence-corrected chi connectivity index (χ3v) is 2.10. The lowest BCUT2D eigenvalue weighted by Gasteiger charge is -1.96. The molecule has 0 saturated heterocycles. The van der Waals surface area contributed by atoms with Gasteiger partial charge < -0.3 is 13.7 Å². The Kier molecular flexibility index (Phi) is 2.95. The number of aromatic nitrogens is 2. The van der Waals surface area contributed by atoms with E-state index < -0.39 is 5.97 Å². The molecular weight excluding hydrogens is 224 g/mol. The molecule has 0 fully saturated rings. The molecule has 0 saturated carbocycles. The Morgan fingerprint density at radius 3 is 2.82 bits per heavy atom. The molecule has 0 aliphatic carbocycles. The number of esters is 1. The highest BCUT2D eigenvalue weighted by Gasteiger charge is 2.20. The molecule has 6 nitrogen and oxygen atoms in total. The number of oxazole rings is 1. The van der Waals surface area contributed by atoms with Gasteiger partial charge in [0.1, 0.15) is 5.76 Å². The maximum absolute atomic E-state index is 11.5. The third-order valence-electron chi connectivity index (χ3n) is 2.10. The first-order chi connectivity index (χ1) is 8.11. The van der Waals surface area contributed by atoms with Gasteiger partial charge in [-0.15, -0.1) is 0 Å². The zero-order chi connectivity index (χ0) is 12.4. The molecule has 2 rings (SSSR count). The molecule has 2 aromatic heterocycles. The maximum Gasteiger partial charge on any atom is 0.376 e. The Morgan fingerprint density at radius 2 is 2.24 bits per heavy atom. The van der Waals surface area contributed by atoms with Crippen LogP contribution in [0.3, 0.4) is 0 Å². The van der Waals surface area contributed by atoms with Gasteiger partial charge in [-0.3, -0.25) is 0 Å². The van der Waals surface area contributed by atoms with Crippen molar-refractivity contribution in [2.45, 2.75) is 20.8 Å². The van der Waals surface area contributed by atoms with Crippen molar-refractivity contribution in [2.24, 2.45) is 0 Å². The van der Waals surface area contributed by atoms with Gasteiger partial charge in [-0.1, -0.05) is 5.16 Å². The van der Waals surface area contributed by atoms with Crippen LogP contribution in [-0.2, 0) is 4.74 Å². The zero-order valence-electron chi connectivity index (χ0n) is 9.81. The normalized spacial score (nSPS) is 10.5. The standard InChI is InChI=1S/C11H12N2O4/c1-4-15-11(14)9-7(3)12-10(16-9)8-5-6(2)17-13-8/h5H,4H2,1-3H3. The zero-order valence-corrected chi connectivity index (χ0v) is 9.81. The van der Waals surface area contributed by atoms with Gasteiger partial charge >= 0.3 is 5.97 Å². The number of rotatable bonds is 3. The fourth-order valence-corrected chi connectivity index (χ4v) is 1.36. The Labute approximate surface area is 97.6 Å². The fourth-order valence-electron chi connectivity index (χ4n) is 1.36. The summed E-state index contributed by atoms with van der Waals surface area (Å²) in [4.78, 5) is 15.6. The van der Waals surface area contributed by atoms with Crippen LogP contribution in [0.1, 0.15) is 28.9 Å². The molecule has 0 aliphatic rings. The second-order valence-electron chi connectivity index (χ2n) is 3.48. The Hall–Kier alpha value is -2.11. The average Bonchev–Trinajstić information content (AvgIpc) is 2.85. The van der Waals surface area contributed by atoms with E-state index in [1.165, 1.54) is 0 Å². The first kappa shape index (κ1) is 11.4. The van der Waals surface area contributed by atoms with Gasteiger partial charge in [0, 0.05) is 6.07 Å². The van der Waals surface area contributed by atoms with Crippen molar-refractivity contribution in [2.75, 3.05) is 6.61 Å². The van der Waals surface area contributed by atoms with Crippen molar-refractivity contribution in [1.82, 2.24) is 10.1 Å². The monoisotopic (exact) mass is 236 g/mol. The van der Waals surface area contributed by atoms with Gasteiger partial charge in [-0.2, -0.15) is 0 Å². The van der Waals surface area contributed by atoms with E-state index in [4.69, 9.17) is 13.7 Å². The van der Waals surface area contributed by atoms with E-state index in [-0.39, 0.29) is 18.3 Å². The van der Waals surface area contributed by atoms with Gasteiger partial charge in [-0.25, -0.2) is 9.78 Å². The predicted octanol–water partition coefficient (Wildman–Crippen LogP) is 2.12. The third kappa shape index (κ3) is 2.20. The van der Waals surface area contributed by atoms with E-state index in [1.807, 2.05) is 0 Å². The van der Waals surface area contributed by atoms with Crippen LogP contribution >= 0.6 is 0 Å². The number of hydrogen-bond acceptors (Lipinski definition) is 6. The molecular formula is C11H12N2O4. The van der Waals surface area contributed by atoms with Gasteiger partial charge in [0.25, 0.3) is 0 Å². The van der Waals surface area contributed by atoms with Crippen LogP contribution in [0.25, 0.3) is 11.6 Å². The van der Waals surface area contributed by atoms with Crippen LogP contribution in [0.4, 0.5) is 0 Å². The maximum atomic E-state index is 11.5. The highest BCUT2D eigenvalue weighted by molar-refractivity contribution is 5.87. The Bertz CT molecular complexity index is 541. The topological polar surface area (TPSA) is 78.4 Å². The molecule has 0 unspecified atom stereocenters. The molecule has 0 amide bonds. The molecule has 0 bridgehead atoms. The van der Waals surface area contributed by atoms with Crippen molar-refractivity contribution in [1.29, 1.82) is 0 Å². The molecule has 0 spiro atoms. The van der Waals surface area contributed by atoms with Crippen molar-refractivity contribution < 1.29 is 18.5 Å².